The van der Waals surface area contributed by atoms with E-state index in [0.29, 0.717) is 18.1 Å². The van der Waals surface area contributed by atoms with Crippen molar-refractivity contribution in [2.24, 2.45) is 0 Å². The summed E-state index contributed by atoms with van der Waals surface area (Å²) in [6.45, 7) is 6.09. The Morgan fingerprint density at radius 3 is 2.50 bits per heavy atom. The van der Waals surface area contributed by atoms with Crippen molar-refractivity contribution in [1.82, 2.24) is 0 Å². The summed E-state index contributed by atoms with van der Waals surface area (Å²) in [6.07, 6.45) is 2.78. The number of aliphatic hydroxyl groups is 2. The van der Waals surface area contributed by atoms with Crippen molar-refractivity contribution in [3.63, 3.8) is 0 Å². The average molecular weight is 358 g/mol. The number of hydrogen-bond donors (Lipinski definition) is 3. The Labute approximate surface area is 156 Å². The van der Waals surface area contributed by atoms with Gasteiger partial charge in [0.25, 0.3) is 0 Å². The highest BCUT2D eigenvalue weighted by Gasteiger charge is 2.14. The largest absolute Gasteiger partial charge is 0.508 e. The summed E-state index contributed by atoms with van der Waals surface area (Å²) in [6, 6.07) is 13.1. The zero-order valence-electron chi connectivity index (χ0n) is 15.9. The van der Waals surface area contributed by atoms with E-state index in [1.807, 2.05) is 38.1 Å². The lowest BCUT2D eigenvalue weighted by atomic mass is 9.92. The Hall–Kier alpha value is -2.04. The molecule has 0 heterocycles. The molecule has 2 aromatic rings. The minimum Gasteiger partial charge on any atom is -0.508 e. The molecule has 0 aliphatic heterocycles. The summed E-state index contributed by atoms with van der Waals surface area (Å²) >= 11 is 0. The average Bonchev–Trinajstić information content (AvgIpc) is 2.58. The lowest BCUT2D eigenvalue weighted by Gasteiger charge is -2.19. The third-order valence-corrected chi connectivity index (χ3v) is 4.48. The molecule has 0 saturated heterocycles. The first-order valence-corrected chi connectivity index (χ1v) is 9.14. The molecule has 26 heavy (non-hydrogen) atoms. The topological polar surface area (TPSA) is 69.9 Å². The van der Waals surface area contributed by atoms with Crippen LogP contribution in [0.1, 0.15) is 62.6 Å². The number of hydrogen-bond acceptors (Lipinski definition) is 4. The highest BCUT2D eigenvalue weighted by molar-refractivity contribution is 5.34. The Morgan fingerprint density at radius 1 is 1.08 bits per heavy atom. The minimum atomic E-state index is -0.612. The van der Waals surface area contributed by atoms with E-state index in [9.17, 15) is 15.3 Å². The Bertz CT molecular complexity index is 704. The summed E-state index contributed by atoms with van der Waals surface area (Å²) < 4.78 is 5.86. The van der Waals surface area contributed by atoms with Gasteiger partial charge >= 0.3 is 0 Å². The number of aliphatic hydroxyl groups excluding tert-OH is 1. The highest BCUT2D eigenvalue weighted by Crippen LogP contribution is 2.27. The van der Waals surface area contributed by atoms with Crippen molar-refractivity contribution in [1.29, 1.82) is 0 Å². The SMILES string of the molecule is CC(CCCC(C)(C)O)c1cccc(OCc2cc(O)cc(CO)c2)c1. The second kappa shape index (κ2) is 9.06. The number of phenolic OH excluding ortho intramolecular Hbond substituents is 1. The van der Waals surface area contributed by atoms with E-state index in [0.717, 1.165) is 30.6 Å². The van der Waals surface area contributed by atoms with Gasteiger partial charge < -0.3 is 20.1 Å². The quantitative estimate of drug-likeness (QED) is 0.617. The van der Waals surface area contributed by atoms with Crippen LogP contribution >= 0.6 is 0 Å². The molecule has 0 fully saturated rings. The van der Waals surface area contributed by atoms with E-state index in [4.69, 9.17) is 4.74 Å². The van der Waals surface area contributed by atoms with Crippen LogP contribution in [0.15, 0.2) is 42.5 Å². The molecule has 0 bridgehead atoms. The standard InChI is InChI=1S/C22H30O4/c1-16(6-5-9-22(2,3)25)19-7-4-8-21(13-19)26-15-18-10-17(14-23)11-20(24)12-18/h4,7-8,10-13,16,23-25H,5-6,9,14-15H2,1-3H3. The van der Waals surface area contributed by atoms with Crippen molar-refractivity contribution in [2.45, 2.75) is 64.8 Å². The molecule has 0 radical (unpaired) electrons. The highest BCUT2D eigenvalue weighted by atomic mass is 16.5. The summed E-state index contributed by atoms with van der Waals surface area (Å²) in [5, 5.41) is 28.7. The van der Waals surface area contributed by atoms with Crippen molar-refractivity contribution < 1.29 is 20.1 Å². The molecule has 0 spiro atoms. The van der Waals surface area contributed by atoms with Crippen LogP contribution in [0, 0.1) is 0 Å². The molecule has 4 heteroatoms. The first kappa shape index (κ1) is 20.3. The zero-order valence-corrected chi connectivity index (χ0v) is 15.9. The summed E-state index contributed by atoms with van der Waals surface area (Å²) in [4.78, 5) is 0. The number of phenols is 1. The predicted octanol–water partition coefficient (Wildman–Crippen LogP) is 4.51. The van der Waals surface area contributed by atoms with E-state index < -0.39 is 5.60 Å². The molecule has 1 unspecified atom stereocenters. The fourth-order valence-corrected chi connectivity index (χ4v) is 3.00. The summed E-state index contributed by atoms with van der Waals surface area (Å²) in [5.41, 5.74) is 2.08. The van der Waals surface area contributed by atoms with Crippen LogP contribution in [0.25, 0.3) is 0 Å². The maximum Gasteiger partial charge on any atom is 0.120 e. The van der Waals surface area contributed by atoms with Crippen LogP contribution in [-0.4, -0.2) is 20.9 Å². The molecule has 3 N–H and O–H groups in total. The second-order valence-electron chi connectivity index (χ2n) is 7.63. The van der Waals surface area contributed by atoms with Crippen LogP contribution in [0.4, 0.5) is 0 Å². The van der Waals surface area contributed by atoms with E-state index >= 15 is 0 Å². The van der Waals surface area contributed by atoms with Gasteiger partial charge in [0, 0.05) is 0 Å². The third-order valence-electron chi connectivity index (χ3n) is 4.48. The summed E-state index contributed by atoms with van der Waals surface area (Å²) in [7, 11) is 0. The van der Waals surface area contributed by atoms with Gasteiger partial charge in [0.2, 0.25) is 0 Å². The smallest absolute Gasteiger partial charge is 0.120 e. The van der Waals surface area contributed by atoms with E-state index in [1.54, 1.807) is 12.1 Å². The molecule has 0 amide bonds. The van der Waals surface area contributed by atoms with Crippen LogP contribution in [0.5, 0.6) is 11.5 Å². The third kappa shape index (κ3) is 6.70. The first-order valence-electron chi connectivity index (χ1n) is 9.14. The van der Waals surface area contributed by atoms with Gasteiger partial charge in [0.1, 0.15) is 18.1 Å². The summed E-state index contributed by atoms with van der Waals surface area (Å²) in [5.74, 6) is 1.30. The van der Waals surface area contributed by atoms with Gasteiger partial charge in [0.15, 0.2) is 0 Å². The molecule has 4 nitrogen and oxygen atoms in total. The van der Waals surface area contributed by atoms with Crippen molar-refractivity contribution in [2.75, 3.05) is 0 Å². The molecule has 0 saturated carbocycles. The fraction of sp³-hybridized carbons (Fsp3) is 0.455. The van der Waals surface area contributed by atoms with Gasteiger partial charge in [-0.2, -0.15) is 0 Å². The van der Waals surface area contributed by atoms with E-state index in [1.165, 1.54) is 5.56 Å². The number of rotatable bonds is 9. The lowest BCUT2D eigenvalue weighted by Crippen LogP contribution is -2.18. The maximum absolute atomic E-state index is 9.83. The molecule has 2 aromatic carbocycles. The van der Waals surface area contributed by atoms with Gasteiger partial charge in [-0.1, -0.05) is 25.5 Å². The maximum atomic E-state index is 9.83. The van der Waals surface area contributed by atoms with Crippen LogP contribution in [-0.2, 0) is 13.2 Å². The molecular formula is C22H30O4. The zero-order chi connectivity index (χ0) is 19.2. The minimum absolute atomic E-state index is 0.112. The molecular weight excluding hydrogens is 328 g/mol. The normalized spacial score (nSPS) is 12.8. The van der Waals surface area contributed by atoms with Gasteiger partial charge in [-0.3, -0.25) is 0 Å². The number of ether oxygens (including phenoxy) is 1. The lowest BCUT2D eigenvalue weighted by molar-refractivity contribution is 0.0678. The Morgan fingerprint density at radius 2 is 1.81 bits per heavy atom. The Balaban J connectivity index is 1.95. The van der Waals surface area contributed by atoms with E-state index in [2.05, 4.69) is 13.0 Å². The predicted molar refractivity (Wildman–Crippen MR) is 103 cm³/mol. The van der Waals surface area contributed by atoms with Gasteiger partial charge in [-0.05, 0) is 79.6 Å². The molecule has 2 rings (SSSR count). The Kier molecular flexibility index (Phi) is 7.06. The molecule has 1 atom stereocenters. The van der Waals surface area contributed by atoms with Crippen molar-refractivity contribution in [3.05, 3.63) is 59.2 Å². The van der Waals surface area contributed by atoms with Crippen molar-refractivity contribution in [3.8, 4) is 11.5 Å². The van der Waals surface area contributed by atoms with E-state index in [-0.39, 0.29) is 12.4 Å². The monoisotopic (exact) mass is 358 g/mol. The van der Waals surface area contributed by atoms with Crippen LogP contribution < -0.4 is 4.74 Å². The van der Waals surface area contributed by atoms with Gasteiger partial charge in [-0.25, -0.2) is 0 Å². The number of aromatic hydroxyl groups is 1. The number of benzene rings is 2. The van der Waals surface area contributed by atoms with Gasteiger partial charge in [0.05, 0.1) is 12.2 Å². The van der Waals surface area contributed by atoms with Crippen LogP contribution in [0.3, 0.4) is 0 Å². The second-order valence-corrected chi connectivity index (χ2v) is 7.63. The first-order chi connectivity index (χ1) is 12.3. The molecule has 0 aliphatic carbocycles. The van der Waals surface area contributed by atoms with Crippen LogP contribution in [0.2, 0.25) is 0 Å². The molecule has 0 aromatic heterocycles. The fourth-order valence-electron chi connectivity index (χ4n) is 3.00. The van der Waals surface area contributed by atoms with Gasteiger partial charge in [-0.15, -0.1) is 0 Å². The molecule has 0 aliphatic rings. The molecule has 142 valence electrons. The van der Waals surface area contributed by atoms with Crippen molar-refractivity contribution >= 4 is 0 Å².